The zero-order valence-electron chi connectivity index (χ0n) is 15.9. The highest BCUT2D eigenvalue weighted by atomic mass is 16.6. The van der Waals surface area contributed by atoms with E-state index in [0.717, 1.165) is 6.42 Å². The van der Waals surface area contributed by atoms with Gasteiger partial charge in [0, 0.05) is 6.04 Å². The lowest BCUT2D eigenvalue weighted by molar-refractivity contribution is -0.0511. The minimum Gasteiger partial charge on any atom is -0.394 e. The summed E-state index contributed by atoms with van der Waals surface area (Å²) in [6, 6.07) is 10.1. The van der Waals surface area contributed by atoms with Crippen LogP contribution in [0.15, 0.2) is 36.7 Å². The maximum atomic E-state index is 10.3. The highest BCUT2D eigenvalue weighted by molar-refractivity contribution is 5.83. The number of anilines is 2. The van der Waals surface area contributed by atoms with Crippen molar-refractivity contribution in [1.29, 1.82) is 0 Å². The summed E-state index contributed by atoms with van der Waals surface area (Å²) in [4.78, 5) is 13.0. The van der Waals surface area contributed by atoms with Gasteiger partial charge in [-0.05, 0) is 18.9 Å². The summed E-state index contributed by atoms with van der Waals surface area (Å²) in [5.74, 6) is 0.516. The molecule has 1 fully saturated rings. The molecular formula is C19H24N6O4. The van der Waals surface area contributed by atoms with Crippen molar-refractivity contribution >= 4 is 22.9 Å². The molecule has 154 valence electrons. The number of aliphatic hydroxyl groups excluding tert-OH is 3. The summed E-state index contributed by atoms with van der Waals surface area (Å²) < 4.78 is 7.07. The van der Waals surface area contributed by atoms with Gasteiger partial charge in [0.25, 0.3) is 0 Å². The largest absolute Gasteiger partial charge is 0.394 e. The Balaban J connectivity index is 1.60. The lowest BCUT2D eigenvalue weighted by atomic mass is 10.1. The molecule has 1 aliphatic rings. The van der Waals surface area contributed by atoms with Crippen molar-refractivity contribution in [2.45, 2.75) is 43.9 Å². The van der Waals surface area contributed by atoms with E-state index in [0.29, 0.717) is 17.1 Å². The van der Waals surface area contributed by atoms with Crippen LogP contribution in [0, 0.1) is 0 Å². The monoisotopic (exact) mass is 400 g/mol. The SMILES string of the molecule is CC(Cc1ccccc1)Nc1nc(N)c2ncn(C3OC(CO)C(O)C3O)c2n1. The van der Waals surface area contributed by atoms with E-state index in [-0.39, 0.29) is 11.9 Å². The molecule has 0 amide bonds. The first-order valence-electron chi connectivity index (χ1n) is 9.41. The molecule has 0 bridgehead atoms. The number of aliphatic hydroxyl groups is 3. The second-order valence-corrected chi connectivity index (χ2v) is 7.22. The van der Waals surface area contributed by atoms with Crippen LogP contribution in [-0.2, 0) is 11.2 Å². The Morgan fingerprint density at radius 2 is 1.97 bits per heavy atom. The highest BCUT2D eigenvalue weighted by Crippen LogP contribution is 2.32. The molecule has 5 unspecified atom stereocenters. The van der Waals surface area contributed by atoms with E-state index in [1.165, 1.54) is 16.5 Å². The molecule has 0 aliphatic carbocycles. The van der Waals surface area contributed by atoms with Crippen molar-refractivity contribution in [1.82, 2.24) is 19.5 Å². The van der Waals surface area contributed by atoms with E-state index in [1.54, 1.807) is 0 Å². The van der Waals surface area contributed by atoms with E-state index in [1.807, 2.05) is 37.3 Å². The first kappa shape index (κ1) is 19.5. The molecule has 0 spiro atoms. The lowest BCUT2D eigenvalue weighted by Crippen LogP contribution is -2.33. The van der Waals surface area contributed by atoms with E-state index in [9.17, 15) is 15.3 Å². The zero-order valence-corrected chi connectivity index (χ0v) is 15.9. The molecule has 1 saturated heterocycles. The van der Waals surface area contributed by atoms with Gasteiger partial charge in [0.1, 0.15) is 23.8 Å². The van der Waals surface area contributed by atoms with Gasteiger partial charge in [-0.25, -0.2) is 4.98 Å². The summed E-state index contributed by atoms with van der Waals surface area (Å²) in [7, 11) is 0. The van der Waals surface area contributed by atoms with Crippen LogP contribution in [0.25, 0.3) is 11.2 Å². The molecule has 0 radical (unpaired) electrons. The maximum Gasteiger partial charge on any atom is 0.226 e. The first-order valence-corrected chi connectivity index (χ1v) is 9.41. The van der Waals surface area contributed by atoms with Crippen molar-refractivity contribution in [2.24, 2.45) is 0 Å². The molecule has 6 N–H and O–H groups in total. The molecule has 4 rings (SSSR count). The topological polar surface area (TPSA) is 152 Å². The number of imidazole rings is 1. The Kier molecular flexibility index (Phi) is 5.33. The Hall–Kier alpha value is -2.79. The Bertz CT molecular complexity index is 981. The molecule has 10 nitrogen and oxygen atoms in total. The zero-order chi connectivity index (χ0) is 20.5. The summed E-state index contributed by atoms with van der Waals surface area (Å²) >= 11 is 0. The molecule has 29 heavy (non-hydrogen) atoms. The maximum absolute atomic E-state index is 10.3. The fourth-order valence-corrected chi connectivity index (χ4v) is 3.54. The number of aromatic nitrogens is 4. The van der Waals surface area contributed by atoms with Gasteiger partial charge in [-0.1, -0.05) is 30.3 Å². The normalized spacial score (nSPS) is 25.4. The minimum atomic E-state index is -1.24. The number of benzene rings is 1. The van der Waals surface area contributed by atoms with E-state index >= 15 is 0 Å². The van der Waals surface area contributed by atoms with E-state index in [4.69, 9.17) is 10.5 Å². The van der Waals surface area contributed by atoms with Crippen LogP contribution >= 0.6 is 0 Å². The smallest absolute Gasteiger partial charge is 0.226 e. The van der Waals surface area contributed by atoms with Gasteiger partial charge < -0.3 is 31.1 Å². The summed E-state index contributed by atoms with van der Waals surface area (Å²) in [6.45, 7) is 1.60. The molecule has 5 atom stereocenters. The van der Waals surface area contributed by atoms with Crippen molar-refractivity contribution in [2.75, 3.05) is 17.7 Å². The van der Waals surface area contributed by atoms with Gasteiger partial charge in [-0.2, -0.15) is 9.97 Å². The van der Waals surface area contributed by atoms with Crippen LogP contribution < -0.4 is 11.1 Å². The fourth-order valence-electron chi connectivity index (χ4n) is 3.54. The average molecular weight is 400 g/mol. The third kappa shape index (κ3) is 3.75. The summed E-state index contributed by atoms with van der Waals surface area (Å²) in [5, 5.41) is 32.9. The predicted molar refractivity (Wildman–Crippen MR) is 106 cm³/mol. The van der Waals surface area contributed by atoms with Crippen LogP contribution in [-0.4, -0.2) is 65.8 Å². The number of ether oxygens (including phenoxy) is 1. The number of rotatable bonds is 6. The van der Waals surface area contributed by atoms with Crippen LogP contribution in [0.1, 0.15) is 18.7 Å². The number of hydrogen-bond donors (Lipinski definition) is 5. The highest BCUT2D eigenvalue weighted by Gasteiger charge is 2.44. The van der Waals surface area contributed by atoms with Gasteiger partial charge >= 0.3 is 0 Å². The fraction of sp³-hybridized carbons (Fsp3) is 0.421. The third-order valence-corrected chi connectivity index (χ3v) is 5.00. The van der Waals surface area contributed by atoms with Gasteiger partial charge in [-0.3, -0.25) is 4.57 Å². The van der Waals surface area contributed by atoms with Crippen LogP contribution in [0.5, 0.6) is 0 Å². The molecule has 10 heteroatoms. The standard InChI is InChI=1S/C19H24N6O4/c1-10(7-11-5-3-2-4-6-11)22-19-23-16(20)13-17(24-19)25(9-21-13)18-15(28)14(27)12(8-26)29-18/h2-6,9-10,12,14-15,18,26-28H,7-8H2,1H3,(H3,20,22,23,24). The molecule has 3 heterocycles. The number of nitrogens with two attached hydrogens (primary N) is 1. The van der Waals surface area contributed by atoms with Crippen LogP contribution in [0.4, 0.5) is 11.8 Å². The number of nitrogens with zero attached hydrogens (tertiary/aromatic N) is 4. The van der Waals surface area contributed by atoms with Crippen molar-refractivity contribution < 1.29 is 20.1 Å². The van der Waals surface area contributed by atoms with Crippen LogP contribution in [0.2, 0.25) is 0 Å². The Labute approximate surface area is 167 Å². The second-order valence-electron chi connectivity index (χ2n) is 7.22. The Morgan fingerprint density at radius 3 is 2.66 bits per heavy atom. The first-order chi connectivity index (χ1) is 14.0. The van der Waals surface area contributed by atoms with Gasteiger partial charge in [0.2, 0.25) is 5.95 Å². The van der Waals surface area contributed by atoms with Crippen LogP contribution in [0.3, 0.4) is 0 Å². The minimum absolute atomic E-state index is 0.0412. The number of fused-ring (bicyclic) bond motifs is 1. The van der Waals surface area contributed by atoms with Gasteiger partial charge in [-0.15, -0.1) is 0 Å². The quantitative estimate of drug-likeness (QED) is 0.387. The molecule has 3 aromatic rings. The summed E-state index contributed by atoms with van der Waals surface area (Å²) in [5.41, 5.74) is 7.96. The lowest BCUT2D eigenvalue weighted by Gasteiger charge is -2.18. The number of hydrogen-bond acceptors (Lipinski definition) is 9. The van der Waals surface area contributed by atoms with Gasteiger partial charge in [0.15, 0.2) is 17.7 Å². The second kappa shape index (κ2) is 7.91. The van der Waals surface area contributed by atoms with E-state index < -0.39 is 31.1 Å². The van der Waals surface area contributed by atoms with Gasteiger partial charge in [0.05, 0.1) is 12.9 Å². The van der Waals surface area contributed by atoms with Crippen molar-refractivity contribution in [3.05, 3.63) is 42.2 Å². The molecule has 2 aromatic heterocycles. The molecular weight excluding hydrogens is 376 g/mol. The van der Waals surface area contributed by atoms with Crippen molar-refractivity contribution in [3.8, 4) is 0 Å². The number of nitrogens with one attached hydrogen (secondary N) is 1. The summed E-state index contributed by atoms with van der Waals surface area (Å²) in [6.07, 6.45) is -2.10. The third-order valence-electron chi connectivity index (χ3n) is 5.00. The predicted octanol–water partition coefficient (Wildman–Crippen LogP) is 0.0631. The number of nitrogen functional groups attached to an aromatic ring is 1. The Morgan fingerprint density at radius 1 is 1.21 bits per heavy atom. The molecule has 1 aromatic carbocycles. The van der Waals surface area contributed by atoms with Crippen molar-refractivity contribution in [3.63, 3.8) is 0 Å². The van der Waals surface area contributed by atoms with E-state index in [2.05, 4.69) is 20.3 Å². The molecule has 0 saturated carbocycles. The molecule has 1 aliphatic heterocycles. The average Bonchev–Trinajstić information content (AvgIpc) is 3.24.